The summed E-state index contributed by atoms with van der Waals surface area (Å²) in [6, 6.07) is 4.16. The van der Waals surface area contributed by atoms with Gasteiger partial charge in [-0.1, -0.05) is 32.4 Å². The molecule has 0 aliphatic carbocycles. The molecule has 1 amide bonds. The topological polar surface area (TPSA) is 90.6 Å². The predicted molar refractivity (Wildman–Crippen MR) is 123 cm³/mol. The molecule has 0 saturated carbocycles. The van der Waals surface area contributed by atoms with Gasteiger partial charge in [-0.15, -0.1) is 0 Å². The highest BCUT2D eigenvalue weighted by Crippen LogP contribution is 2.33. The number of carbonyl (C=O) groups is 2. The molecule has 1 aliphatic rings. The quantitative estimate of drug-likeness (QED) is 0.626. The molecule has 0 unspecified atom stereocenters. The van der Waals surface area contributed by atoms with Crippen LogP contribution in [0.5, 0.6) is 0 Å². The summed E-state index contributed by atoms with van der Waals surface area (Å²) in [6.45, 7) is 12.3. The molecule has 0 spiro atoms. The monoisotopic (exact) mass is 449 g/mol. The Morgan fingerprint density at radius 1 is 1.35 bits per heavy atom. The molecule has 3 rings (SSSR count). The second-order valence-corrected chi connectivity index (χ2v) is 9.13. The third kappa shape index (κ3) is 5.13. The standard InChI is InChI=1S/C22H32ClN5O3/c1-6-27-9-10-28(14(2)13-27)18-12-17-16(11-15(18)23)25-20(26-17)19(29)22(3,4)7-8-24-21(30)31-5/h11-12,14H,6-10,13H2,1-5H3,(H,24,30)(H,25,26)/t14-/m0/s1. The molecule has 0 radical (unpaired) electrons. The molecule has 2 aromatic rings. The Labute approximate surface area is 188 Å². The number of anilines is 1. The number of alkyl carbamates (subject to hydrolysis) is 1. The Hall–Kier alpha value is -2.32. The van der Waals surface area contributed by atoms with Crippen LogP contribution >= 0.6 is 11.6 Å². The van der Waals surface area contributed by atoms with E-state index in [9.17, 15) is 9.59 Å². The van der Waals surface area contributed by atoms with Crippen LogP contribution in [0.15, 0.2) is 12.1 Å². The van der Waals surface area contributed by atoms with Gasteiger partial charge >= 0.3 is 6.09 Å². The first-order valence-electron chi connectivity index (χ1n) is 10.7. The number of Topliss-reactive ketones (excluding diaryl/α,β-unsaturated/α-hetero) is 1. The van der Waals surface area contributed by atoms with Crippen LogP contribution in [0.4, 0.5) is 10.5 Å². The number of aromatic nitrogens is 2. The largest absolute Gasteiger partial charge is 0.453 e. The van der Waals surface area contributed by atoms with E-state index in [1.165, 1.54) is 7.11 Å². The molecule has 31 heavy (non-hydrogen) atoms. The van der Waals surface area contributed by atoms with Gasteiger partial charge in [0.25, 0.3) is 0 Å². The fourth-order valence-electron chi connectivity index (χ4n) is 4.01. The van der Waals surface area contributed by atoms with Gasteiger partial charge < -0.3 is 19.9 Å². The molecule has 170 valence electrons. The van der Waals surface area contributed by atoms with Crippen molar-refractivity contribution >= 4 is 40.2 Å². The lowest BCUT2D eigenvalue weighted by Crippen LogP contribution is -2.51. The van der Waals surface area contributed by atoms with Gasteiger partial charge in [0.1, 0.15) is 0 Å². The number of nitrogens with one attached hydrogen (secondary N) is 2. The maximum absolute atomic E-state index is 13.1. The van der Waals surface area contributed by atoms with E-state index < -0.39 is 11.5 Å². The number of imidazole rings is 1. The lowest BCUT2D eigenvalue weighted by atomic mass is 9.84. The average molecular weight is 450 g/mol. The summed E-state index contributed by atoms with van der Waals surface area (Å²) < 4.78 is 4.57. The third-order valence-corrected chi connectivity index (χ3v) is 6.36. The molecule has 2 heterocycles. The van der Waals surface area contributed by atoms with E-state index in [0.29, 0.717) is 35.4 Å². The molecule has 1 aliphatic heterocycles. The fraction of sp³-hybridized carbons (Fsp3) is 0.591. The Bertz CT molecular complexity index is 958. The third-order valence-electron chi connectivity index (χ3n) is 6.05. The smallest absolute Gasteiger partial charge is 0.406 e. The van der Waals surface area contributed by atoms with E-state index in [2.05, 4.69) is 43.7 Å². The Kier molecular flexibility index (Phi) is 7.11. The molecule has 1 saturated heterocycles. The molecular weight excluding hydrogens is 418 g/mol. The number of methoxy groups -OCH3 is 1. The number of H-pyrrole nitrogens is 1. The molecule has 1 atom stereocenters. The number of amides is 1. The van der Waals surface area contributed by atoms with Crippen molar-refractivity contribution in [3.63, 3.8) is 0 Å². The number of ether oxygens (including phenoxy) is 1. The summed E-state index contributed by atoms with van der Waals surface area (Å²) in [5, 5.41) is 3.25. The number of ketones is 1. The second kappa shape index (κ2) is 9.44. The minimum absolute atomic E-state index is 0.113. The van der Waals surface area contributed by atoms with Gasteiger partial charge in [-0.25, -0.2) is 9.78 Å². The van der Waals surface area contributed by atoms with E-state index in [4.69, 9.17) is 11.6 Å². The van der Waals surface area contributed by atoms with Crippen LogP contribution in [0, 0.1) is 5.41 Å². The highest BCUT2D eigenvalue weighted by atomic mass is 35.5. The lowest BCUT2D eigenvalue weighted by molar-refractivity contribution is 0.0814. The number of fused-ring (bicyclic) bond motifs is 1. The van der Waals surface area contributed by atoms with Crippen molar-refractivity contribution in [2.75, 3.05) is 44.7 Å². The van der Waals surface area contributed by atoms with Gasteiger partial charge in [0.2, 0.25) is 5.78 Å². The molecule has 2 N–H and O–H groups in total. The van der Waals surface area contributed by atoms with Crippen LogP contribution in [0.3, 0.4) is 0 Å². The number of piperazine rings is 1. The van der Waals surface area contributed by atoms with Crippen LogP contribution in [0.2, 0.25) is 5.02 Å². The lowest BCUT2D eigenvalue weighted by Gasteiger charge is -2.41. The summed E-state index contributed by atoms with van der Waals surface area (Å²) in [5.41, 5.74) is 1.71. The van der Waals surface area contributed by atoms with Crippen LogP contribution in [0.25, 0.3) is 11.0 Å². The minimum Gasteiger partial charge on any atom is -0.453 e. The normalized spacial score (nSPS) is 17.7. The Balaban J connectivity index is 1.80. The number of carbonyl (C=O) groups excluding carboxylic acids is 2. The van der Waals surface area contributed by atoms with Crippen LogP contribution in [-0.2, 0) is 4.74 Å². The fourth-order valence-corrected chi connectivity index (χ4v) is 4.28. The Morgan fingerprint density at radius 2 is 2.10 bits per heavy atom. The van der Waals surface area contributed by atoms with E-state index in [0.717, 1.165) is 37.4 Å². The molecule has 1 fully saturated rings. The molecular formula is C22H32ClN5O3. The van der Waals surface area contributed by atoms with E-state index >= 15 is 0 Å². The van der Waals surface area contributed by atoms with Crippen LogP contribution < -0.4 is 10.2 Å². The number of aromatic amines is 1. The maximum atomic E-state index is 13.1. The minimum atomic E-state index is -0.702. The summed E-state index contributed by atoms with van der Waals surface area (Å²) in [4.78, 5) is 36.8. The van der Waals surface area contributed by atoms with Crippen molar-refractivity contribution in [2.24, 2.45) is 5.41 Å². The number of benzene rings is 1. The van der Waals surface area contributed by atoms with Gasteiger partial charge in [-0.3, -0.25) is 9.69 Å². The second-order valence-electron chi connectivity index (χ2n) is 8.72. The zero-order valence-corrected chi connectivity index (χ0v) is 19.7. The van der Waals surface area contributed by atoms with Gasteiger partial charge in [0.05, 0.1) is 28.9 Å². The summed E-state index contributed by atoms with van der Waals surface area (Å²) in [7, 11) is 1.31. The van der Waals surface area contributed by atoms with Crippen molar-refractivity contribution in [1.29, 1.82) is 0 Å². The summed E-state index contributed by atoms with van der Waals surface area (Å²) >= 11 is 6.62. The number of halogens is 1. The number of rotatable bonds is 7. The van der Waals surface area contributed by atoms with E-state index in [-0.39, 0.29) is 5.78 Å². The molecule has 9 heteroatoms. The van der Waals surface area contributed by atoms with E-state index in [1.54, 1.807) is 0 Å². The number of hydrogen-bond acceptors (Lipinski definition) is 6. The van der Waals surface area contributed by atoms with Crippen molar-refractivity contribution in [3.05, 3.63) is 23.0 Å². The van der Waals surface area contributed by atoms with Gasteiger partial charge in [0, 0.05) is 37.6 Å². The number of hydrogen-bond donors (Lipinski definition) is 2. The van der Waals surface area contributed by atoms with Gasteiger partial charge in [-0.2, -0.15) is 0 Å². The highest BCUT2D eigenvalue weighted by molar-refractivity contribution is 6.34. The SMILES string of the molecule is CCN1CCN(c2cc3[nH]c(C(=O)C(C)(C)CCNC(=O)OC)nc3cc2Cl)[C@@H](C)C1. The van der Waals surface area contributed by atoms with Crippen molar-refractivity contribution in [1.82, 2.24) is 20.2 Å². The molecule has 1 aromatic heterocycles. The van der Waals surface area contributed by atoms with Gasteiger partial charge in [-0.05, 0) is 32.0 Å². The zero-order valence-electron chi connectivity index (χ0n) is 18.9. The first-order valence-corrected chi connectivity index (χ1v) is 11.1. The molecule has 0 bridgehead atoms. The number of nitrogens with zero attached hydrogens (tertiary/aromatic N) is 3. The zero-order chi connectivity index (χ0) is 22.8. The van der Waals surface area contributed by atoms with Crippen molar-refractivity contribution in [2.45, 2.75) is 40.2 Å². The van der Waals surface area contributed by atoms with Crippen LogP contribution in [-0.4, -0.2) is 72.6 Å². The highest BCUT2D eigenvalue weighted by Gasteiger charge is 2.31. The maximum Gasteiger partial charge on any atom is 0.406 e. The molecule has 8 nitrogen and oxygen atoms in total. The van der Waals surface area contributed by atoms with E-state index in [1.807, 2.05) is 26.0 Å². The average Bonchev–Trinajstić information content (AvgIpc) is 3.14. The predicted octanol–water partition coefficient (Wildman–Crippen LogP) is 3.70. The first kappa shape index (κ1) is 23.3. The summed E-state index contributed by atoms with van der Waals surface area (Å²) in [5.74, 6) is 0.188. The summed E-state index contributed by atoms with van der Waals surface area (Å²) in [6.07, 6.45) is -0.0495. The van der Waals surface area contributed by atoms with Crippen molar-refractivity contribution < 1.29 is 14.3 Å². The van der Waals surface area contributed by atoms with Gasteiger partial charge in [0.15, 0.2) is 5.82 Å². The Morgan fingerprint density at radius 3 is 2.74 bits per heavy atom. The first-order chi connectivity index (χ1) is 14.7. The molecule has 1 aromatic carbocycles. The van der Waals surface area contributed by atoms with Crippen LogP contribution in [0.1, 0.15) is 44.7 Å². The number of likely N-dealkylation sites (N-methyl/N-ethyl adjacent to an activating group) is 1. The van der Waals surface area contributed by atoms with Crippen molar-refractivity contribution in [3.8, 4) is 0 Å².